The first kappa shape index (κ1) is 98.4. The number of ether oxygens (including phenoxy) is 7. The van der Waals surface area contributed by atoms with E-state index >= 15 is 4.39 Å². The van der Waals surface area contributed by atoms with Gasteiger partial charge in [0.2, 0.25) is 15.0 Å². The van der Waals surface area contributed by atoms with Gasteiger partial charge in [0.1, 0.15) is 79.7 Å². The summed E-state index contributed by atoms with van der Waals surface area (Å²) in [4.78, 5) is 102. The second kappa shape index (κ2) is 38.9. The maximum Gasteiger partial charge on any atom is 0.414 e. The fourth-order valence-electron chi connectivity index (χ4n) is 15.8. The highest BCUT2D eigenvalue weighted by molar-refractivity contribution is 7.99. The van der Waals surface area contributed by atoms with Crippen LogP contribution in [0.15, 0.2) is 83.8 Å². The summed E-state index contributed by atoms with van der Waals surface area (Å²) in [5.41, 5.74) is 20.4. The van der Waals surface area contributed by atoms with Gasteiger partial charge in [-0.1, -0.05) is 14.9 Å². The largest absolute Gasteiger partial charge is 0.505 e. The van der Waals surface area contributed by atoms with Gasteiger partial charge < -0.3 is 96.0 Å². The topological polar surface area (TPSA) is 525 Å². The predicted molar refractivity (Wildman–Crippen MR) is 489 cm³/mol. The molecule has 4 atom stereocenters. The van der Waals surface area contributed by atoms with Crippen molar-refractivity contribution in [2.75, 3.05) is 157 Å². The van der Waals surface area contributed by atoms with E-state index in [1.165, 1.54) is 60.9 Å². The molecule has 2 amide bonds. The number of carboxylic acids is 1. The Balaban J connectivity index is 0.000000168. The summed E-state index contributed by atoms with van der Waals surface area (Å²) >= 11 is 0. The molecule has 44 heteroatoms. The van der Waals surface area contributed by atoms with Crippen LogP contribution >= 0.6 is 0 Å². The molecule has 18 rings (SSSR count). The molecule has 130 heavy (non-hydrogen) atoms. The summed E-state index contributed by atoms with van der Waals surface area (Å²) in [7, 11) is -2.16. The zero-order chi connectivity index (χ0) is 92.7. The summed E-state index contributed by atoms with van der Waals surface area (Å²) in [6.45, 7) is 28.1. The first-order valence-corrected chi connectivity index (χ1v) is 44.7. The molecule has 0 radical (unpaired) electrons. The van der Waals surface area contributed by atoms with E-state index in [1.54, 1.807) is 101 Å². The molecule has 0 saturated carbocycles. The summed E-state index contributed by atoms with van der Waals surface area (Å²) in [6.07, 6.45) is 9.86. The number of fused-ring (bicyclic) bond motifs is 9. The first-order valence-electron chi connectivity index (χ1n) is 40.7. The van der Waals surface area contributed by atoms with Crippen molar-refractivity contribution in [2.45, 2.75) is 105 Å². The van der Waals surface area contributed by atoms with Crippen LogP contribution in [0.5, 0.6) is 29.3 Å². The number of halogens is 3. The highest BCUT2D eigenvalue weighted by atomic mass is 32.2. The lowest BCUT2D eigenvalue weighted by Gasteiger charge is -2.41. The third-order valence-corrected chi connectivity index (χ3v) is 24.3. The smallest absolute Gasteiger partial charge is 0.414 e. The van der Waals surface area contributed by atoms with Crippen molar-refractivity contribution in [3.63, 3.8) is 0 Å². The number of aryl methyl sites for hydroxylation is 3. The minimum absolute atomic E-state index is 0. The predicted octanol–water partition coefficient (Wildman–Crippen LogP) is 10.3. The number of benzene rings is 3. The van der Waals surface area contributed by atoms with Gasteiger partial charge in [-0.05, 0) is 137 Å². The number of hydrogen-bond acceptors (Lipinski definition) is 33. The molecule has 6 aliphatic heterocycles. The second-order valence-electron chi connectivity index (χ2n) is 34.6. The normalized spacial score (nSPS) is 17.8. The number of H-pyrrole nitrogens is 3. The SMILES string of the molecule is C.C.C=S(C)(=O)c1nc(S(C)(=O)=O)nc2[nH]c3c(N(C)C(=O)OC(C)(C)C)cc(F)cc3c12.CC(=O)O.CNc1cc(F)cc2c1[nH]c1nc(Oc3cnc(C)nc3)nc(N3CC(CN)C4(COC4)C3)c12.Cc1ncc(O)cn1.Cc1ncc(Oc2nc(N3CC(CN)C4(COC4)C3)c3c(n2)[nH]c2c(N(C)C(=O)OC(C)(C)C)cc(F)cc23)cn1.NCC1CNCC12COC2. The molecule has 3 spiro atoms. The molecule has 6 aliphatic rings. The van der Waals surface area contributed by atoms with Crippen molar-refractivity contribution < 1.29 is 83.6 Å². The van der Waals surface area contributed by atoms with Crippen molar-refractivity contribution in [1.29, 1.82) is 0 Å². The average Bonchev–Trinajstić information content (AvgIpc) is 1.58. The van der Waals surface area contributed by atoms with E-state index < -0.39 is 65.5 Å². The number of nitrogens with two attached hydrogens (primary N) is 3. The molecule has 4 unspecified atom stereocenters. The van der Waals surface area contributed by atoms with Gasteiger partial charge in [0, 0.05) is 127 Å². The van der Waals surface area contributed by atoms with Gasteiger partial charge in [-0.25, -0.2) is 71.0 Å². The molecule has 9 aromatic heterocycles. The van der Waals surface area contributed by atoms with E-state index in [1.807, 2.05) is 0 Å². The van der Waals surface area contributed by atoms with E-state index in [-0.39, 0.29) is 93.8 Å². The summed E-state index contributed by atoms with van der Waals surface area (Å²) in [5.74, 6) is 6.43. The standard InChI is InChI=1S/C28H33FN8O4.C23H25FN8O2.C19H23FN4O5S2.C7H14N2O.C5H6N2O.C2H4O2.2CH4/c1-15-31-9-18(10-32-15)40-25-34-23-21(24(35-25)37-11-16(8-30)28(12-37)13-39-14-28)19-6-17(29)7-20(22(19)33-23)36(5)26(38)41-27(2,3)4;1-12-27-6-15(7-28-12)34-22-30-20-18(16-3-14(24)4-17(26-2)19(16)29-20)21(31-22)32-8-13(5-25)23(9-32)10-33-11-23;1-19(2,3)29-18(25)24(4)12-9-10(20)8-11-13-15(21-14(11)12)22-17(31(7,27)28)23-16(13)30(5,6)26;8-1-6-2-9-3-7(6)4-10-5-7;1-4-6-2-5(8)3-7-4;1-2(3)4;;/h6-7,9-10,16H,8,11-14,30H2,1-5H3,(H,33,34,35);3-4,6-7,13,26H,5,8-11,25H2,1-2H3,(H,29,30,31);8-9H,5H2,1-4,6-7H3,(H,21,22,23);6,9H,1-5,8H2;2-3,8H,1H3;1H3,(H,3,4);2*1H4. The number of sulfone groups is 1. The maximum absolute atomic E-state index is 15.2. The van der Waals surface area contributed by atoms with Crippen LogP contribution < -0.4 is 56.9 Å². The van der Waals surface area contributed by atoms with Crippen molar-refractivity contribution in [3.05, 3.63) is 109 Å². The number of nitrogens with one attached hydrogen (secondary N) is 5. The van der Waals surface area contributed by atoms with Crippen LogP contribution in [0, 0.1) is 72.2 Å². The molecule has 3 aromatic carbocycles. The molecule has 15 heterocycles. The number of carbonyl (C=O) groups is 3. The molecular weight excluding hydrogens is 1730 g/mol. The number of aromatic hydroxyl groups is 1. The molecule has 6 fully saturated rings. The lowest BCUT2D eigenvalue weighted by molar-refractivity contribution is -0.134. The van der Waals surface area contributed by atoms with E-state index in [4.69, 9.17) is 75.3 Å². The fraction of sp³-hybridized carbons (Fsp3) is 0.465. The van der Waals surface area contributed by atoms with Crippen LogP contribution in [0.4, 0.5) is 51.5 Å². The Hall–Kier alpha value is -12.2. The molecule has 13 N–H and O–H groups in total. The molecule has 700 valence electrons. The van der Waals surface area contributed by atoms with Crippen LogP contribution in [0.1, 0.15) is 80.8 Å². The minimum Gasteiger partial charge on any atom is -0.505 e. The number of nitrogens with zero attached hydrogens (tertiary/aromatic N) is 16. The fourth-order valence-corrected chi connectivity index (χ4v) is 17.3. The van der Waals surface area contributed by atoms with Crippen LogP contribution in [0.2, 0.25) is 0 Å². The summed E-state index contributed by atoms with van der Waals surface area (Å²) in [5, 5.41) is 24.8. The Morgan fingerprint density at radius 3 is 1.28 bits per heavy atom. The molecule has 6 saturated heterocycles. The zero-order valence-corrected chi connectivity index (χ0v) is 75.1. The number of hydrogen-bond donors (Lipinski definition) is 10. The van der Waals surface area contributed by atoms with E-state index in [0.29, 0.717) is 149 Å². The summed E-state index contributed by atoms with van der Waals surface area (Å²) < 4.78 is 120. The van der Waals surface area contributed by atoms with Crippen LogP contribution in [-0.2, 0) is 47.8 Å². The third kappa shape index (κ3) is 21.5. The third-order valence-electron chi connectivity index (χ3n) is 22.3. The quantitative estimate of drug-likeness (QED) is 0.0275. The van der Waals surface area contributed by atoms with Gasteiger partial charge in [0.25, 0.3) is 5.97 Å². The van der Waals surface area contributed by atoms with Crippen LogP contribution in [-0.4, -0.2) is 265 Å². The highest BCUT2D eigenvalue weighted by Gasteiger charge is 2.54. The van der Waals surface area contributed by atoms with Gasteiger partial charge in [-0.15, -0.1) is 0 Å². The highest BCUT2D eigenvalue weighted by Crippen LogP contribution is 2.49. The van der Waals surface area contributed by atoms with Crippen molar-refractivity contribution >= 4 is 138 Å². The number of aromatic nitrogens is 15. The van der Waals surface area contributed by atoms with Gasteiger partial charge >= 0.3 is 24.2 Å². The molecule has 0 aliphatic carbocycles. The van der Waals surface area contributed by atoms with Crippen molar-refractivity contribution in [3.8, 4) is 29.3 Å². The number of carbonyl (C=O) groups excluding carboxylic acids is 2. The Morgan fingerprint density at radius 1 is 0.577 bits per heavy atom. The lowest BCUT2D eigenvalue weighted by atomic mass is 9.76. The number of carboxylic acid groups (broad SMARTS) is 1. The number of anilines is 5. The summed E-state index contributed by atoms with van der Waals surface area (Å²) in [6, 6.07) is 8.18. The van der Waals surface area contributed by atoms with E-state index in [9.17, 15) is 31.0 Å². The van der Waals surface area contributed by atoms with Gasteiger partial charge in [-0.2, -0.15) is 19.9 Å². The number of rotatable bonds is 14. The van der Waals surface area contributed by atoms with Crippen LogP contribution in [0.25, 0.3) is 65.8 Å². The van der Waals surface area contributed by atoms with Crippen molar-refractivity contribution in [2.24, 2.45) is 51.2 Å². The van der Waals surface area contributed by atoms with Crippen LogP contribution in [0.3, 0.4) is 0 Å². The van der Waals surface area contributed by atoms with E-state index in [0.717, 1.165) is 81.0 Å². The second-order valence-corrected chi connectivity index (χ2v) is 38.9. The van der Waals surface area contributed by atoms with Gasteiger partial charge in [0.05, 0.1) is 127 Å². The number of aliphatic carboxylic acids is 1. The Bertz CT molecular complexity index is 6370. The number of amides is 2. The van der Waals surface area contributed by atoms with Crippen molar-refractivity contribution in [1.82, 2.24) is 80.1 Å². The minimum atomic E-state index is -3.84. The molecule has 39 nitrogen and oxygen atoms in total. The monoisotopic (exact) mass is 1840 g/mol. The van der Waals surface area contributed by atoms with Gasteiger partial charge in [0.15, 0.2) is 17.2 Å². The Kier molecular flexibility index (Phi) is 29.4. The lowest BCUT2D eigenvalue weighted by Crippen LogP contribution is -2.50. The molecule has 12 aromatic rings. The zero-order valence-electron chi connectivity index (χ0n) is 73.5. The molecular formula is C86H113F3N24O15S2. The number of aromatic amines is 3. The van der Waals surface area contributed by atoms with Gasteiger partial charge in [-0.3, -0.25) is 18.8 Å². The Labute approximate surface area is 749 Å². The Morgan fingerprint density at radius 2 is 0.946 bits per heavy atom. The first-order chi connectivity index (χ1) is 60.3. The maximum atomic E-state index is 15.2. The average molecular weight is 1840 g/mol. The van der Waals surface area contributed by atoms with E-state index in [2.05, 4.69) is 91.1 Å². The molecule has 0 bridgehead atoms.